The molecule has 1 heterocycles. The highest BCUT2D eigenvalue weighted by atomic mass is 16.2. The second-order valence-electron chi connectivity index (χ2n) is 6.59. The van der Waals surface area contributed by atoms with Gasteiger partial charge in [-0.15, -0.1) is 0 Å². The summed E-state index contributed by atoms with van der Waals surface area (Å²) in [6.07, 6.45) is 0.351. The van der Waals surface area contributed by atoms with Crippen molar-refractivity contribution < 1.29 is 4.79 Å². The number of anilines is 1. The number of benzene rings is 2. The quantitative estimate of drug-likeness (QED) is 0.819. The average Bonchev–Trinajstić information content (AvgIpc) is 2.89. The predicted molar refractivity (Wildman–Crippen MR) is 90.2 cm³/mol. The van der Waals surface area contributed by atoms with Crippen molar-refractivity contribution in [1.82, 2.24) is 0 Å². The SMILES string of the molecule is CC(C)(C)c1ccc(C2=NN(c3ccccc3)C(=O)C2)cc1. The molecule has 3 rings (SSSR count). The Bertz CT molecular complexity index is 709. The first-order valence-electron chi connectivity index (χ1n) is 7.51. The van der Waals surface area contributed by atoms with Gasteiger partial charge in [0.1, 0.15) is 0 Å². The minimum atomic E-state index is 0.0149. The molecule has 0 radical (unpaired) electrons. The average molecular weight is 292 g/mol. The van der Waals surface area contributed by atoms with Gasteiger partial charge >= 0.3 is 0 Å². The number of carbonyl (C=O) groups is 1. The molecule has 0 spiro atoms. The number of carbonyl (C=O) groups excluding carboxylic acids is 1. The fourth-order valence-electron chi connectivity index (χ4n) is 2.52. The maximum Gasteiger partial charge on any atom is 0.253 e. The summed E-state index contributed by atoms with van der Waals surface area (Å²) in [6, 6.07) is 17.9. The van der Waals surface area contributed by atoms with E-state index >= 15 is 0 Å². The summed E-state index contributed by atoms with van der Waals surface area (Å²) >= 11 is 0. The Morgan fingerprint density at radius 1 is 0.955 bits per heavy atom. The fraction of sp³-hybridized carbons (Fsp3) is 0.263. The normalized spacial score (nSPS) is 15.1. The zero-order chi connectivity index (χ0) is 15.7. The van der Waals surface area contributed by atoms with Gasteiger partial charge in [0.15, 0.2) is 0 Å². The van der Waals surface area contributed by atoms with E-state index in [4.69, 9.17) is 0 Å². The molecule has 3 heteroatoms. The second-order valence-corrected chi connectivity index (χ2v) is 6.59. The molecule has 2 aromatic rings. The number of hydrazone groups is 1. The first-order chi connectivity index (χ1) is 10.4. The van der Waals surface area contributed by atoms with Crippen molar-refractivity contribution in [1.29, 1.82) is 0 Å². The fourth-order valence-corrected chi connectivity index (χ4v) is 2.52. The standard InChI is InChI=1S/C19H20N2O/c1-19(2,3)15-11-9-14(10-12-15)17-13-18(22)21(20-17)16-7-5-4-6-8-16/h4-12H,13H2,1-3H3. The summed E-state index contributed by atoms with van der Waals surface area (Å²) in [5.41, 5.74) is 4.06. The molecule has 0 fully saturated rings. The lowest BCUT2D eigenvalue weighted by Gasteiger charge is -2.19. The Hall–Kier alpha value is -2.42. The van der Waals surface area contributed by atoms with Crippen LogP contribution in [0.4, 0.5) is 5.69 Å². The highest BCUT2D eigenvalue weighted by Gasteiger charge is 2.26. The summed E-state index contributed by atoms with van der Waals surface area (Å²) in [4.78, 5) is 12.2. The Labute approximate surface area is 131 Å². The molecule has 0 saturated heterocycles. The van der Waals surface area contributed by atoms with Crippen LogP contribution in [0.5, 0.6) is 0 Å². The first kappa shape index (κ1) is 14.5. The summed E-state index contributed by atoms with van der Waals surface area (Å²) in [6.45, 7) is 6.57. The van der Waals surface area contributed by atoms with Gasteiger partial charge in [0.2, 0.25) is 0 Å². The van der Waals surface area contributed by atoms with Crippen LogP contribution in [0.3, 0.4) is 0 Å². The molecule has 0 saturated carbocycles. The number of hydrogen-bond acceptors (Lipinski definition) is 2. The predicted octanol–water partition coefficient (Wildman–Crippen LogP) is 4.13. The minimum absolute atomic E-state index is 0.0149. The molecule has 3 nitrogen and oxygen atoms in total. The molecule has 0 bridgehead atoms. The van der Waals surface area contributed by atoms with E-state index in [1.54, 1.807) is 0 Å². The first-order valence-corrected chi connectivity index (χ1v) is 7.51. The van der Waals surface area contributed by atoms with Gasteiger partial charge in [-0.25, -0.2) is 5.01 Å². The molecule has 0 aromatic heterocycles. The molecular weight excluding hydrogens is 272 g/mol. The van der Waals surface area contributed by atoms with E-state index < -0.39 is 0 Å². The molecule has 1 aliphatic heterocycles. The van der Waals surface area contributed by atoms with Crippen molar-refractivity contribution in [2.75, 3.05) is 5.01 Å². The third kappa shape index (κ3) is 2.80. The van der Waals surface area contributed by atoms with E-state index in [1.807, 2.05) is 30.3 Å². The number of para-hydroxylation sites is 1. The topological polar surface area (TPSA) is 32.7 Å². The monoisotopic (exact) mass is 292 g/mol. The van der Waals surface area contributed by atoms with Gasteiger partial charge in [-0.2, -0.15) is 5.10 Å². The van der Waals surface area contributed by atoms with Gasteiger partial charge in [-0.05, 0) is 28.7 Å². The van der Waals surface area contributed by atoms with E-state index in [0.717, 1.165) is 17.0 Å². The molecular formula is C19H20N2O. The molecule has 0 N–H and O–H groups in total. The van der Waals surface area contributed by atoms with Gasteiger partial charge in [-0.3, -0.25) is 4.79 Å². The molecule has 1 amide bonds. The molecule has 1 aliphatic rings. The van der Waals surface area contributed by atoms with Crippen molar-refractivity contribution in [3.8, 4) is 0 Å². The van der Waals surface area contributed by atoms with Crippen molar-refractivity contribution in [2.45, 2.75) is 32.6 Å². The van der Waals surface area contributed by atoms with Crippen LogP contribution in [0, 0.1) is 0 Å². The summed E-state index contributed by atoms with van der Waals surface area (Å²) in [7, 11) is 0. The van der Waals surface area contributed by atoms with Gasteiger partial charge < -0.3 is 0 Å². The highest BCUT2D eigenvalue weighted by Crippen LogP contribution is 2.25. The van der Waals surface area contributed by atoms with Crippen LogP contribution in [0.1, 0.15) is 38.3 Å². The maximum absolute atomic E-state index is 12.2. The molecule has 0 aliphatic carbocycles. The van der Waals surface area contributed by atoms with E-state index in [1.165, 1.54) is 10.6 Å². The molecule has 112 valence electrons. The van der Waals surface area contributed by atoms with E-state index in [9.17, 15) is 4.79 Å². The van der Waals surface area contributed by atoms with Crippen molar-refractivity contribution >= 4 is 17.3 Å². The number of amides is 1. The van der Waals surface area contributed by atoms with Crippen LogP contribution in [0.25, 0.3) is 0 Å². The zero-order valence-electron chi connectivity index (χ0n) is 13.2. The number of hydrogen-bond donors (Lipinski definition) is 0. The van der Waals surface area contributed by atoms with Gasteiger partial charge in [-0.1, -0.05) is 63.2 Å². The van der Waals surface area contributed by atoms with E-state index in [0.29, 0.717) is 6.42 Å². The Morgan fingerprint density at radius 2 is 1.59 bits per heavy atom. The van der Waals surface area contributed by atoms with Crippen LogP contribution in [-0.2, 0) is 10.2 Å². The zero-order valence-corrected chi connectivity index (χ0v) is 13.2. The minimum Gasteiger partial charge on any atom is -0.272 e. The largest absolute Gasteiger partial charge is 0.272 e. The van der Waals surface area contributed by atoms with Crippen LogP contribution < -0.4 is 5.01 Å². The van der Waals surface area contributed by atoms with Crippen molar-refractivity contribution in [2.24, 2.45) is 5.10 Å². The van der Waals surface area contributed by atoms with Gasteiger partial charge in [0, 0.05) is 0 Å². The number of nitrogens with zero attached hydrogens (tertiary/aromatic N) is 2. The third-order valence-electron chi connectivity index (χ3n) is 3.86. The van der Waals surface area contributed by atoms with Crippen molar-refractivity contribution in [3.63, 3.8) is 0 Å². The molecule has 2 aromatic carbocycles. The highest BCUT2D eigenvalue weighted by molar-refractivity contribution is 6.19. The Balaban J connectivity index is 1.88. The van der Waals surface area contributed by atoms with Crippen LogP contribution >= 0.6 is 0 Å². The van der Waals surface area contributed by atoms with E-state index in [2.05, 4.69) is 50.1 Å². The summed E-state index contributed by atoms with van der Waals surface area (Å²) in [5, 5.41) is 5.99. The summed E-state index contributed by atoms with van der Waals surface area (Å²) in [5.74, 6) is 0.0149. The third-order valence-corrected chi connectivity index (χ3v) is 3.86. The maximum atomic E-state index is 12.2. The van der Waals surface area contributed by atoms with Crippen LogP contribution in [-0.4, -0.2) is 11.6 Å². The van der Waals surface area contributed by atoms with Gasteiger partial charge in [0.25, 0.3) is 5.91 Å². The Morgan fingerprint density at radius 3 is 2.18 bits per heavy atom. The van der Waals surface area contributed by atoms with Gasteiger partial charge in [0.05, 0.1) is 17.8 Å². The molecule has 0 unspecified atom stereocenters. The van der Waals surface area contributed by atoms with E-state index in [-0.39, 0.29) is 11.3 Å². The Kier molecular flexibility index (Phi) is 3.57. The lowest BCUT2D eigenvalue weighted by molar-refractivity contribution is -0.116. The smallest absolute Gasteiger partial charge is 0.253 e. The molecule has 0 atom stereocenters. The van der Waals surface area contributed by atoms with Crippen molar-refractivity contribution in [3.05, 3.63) is 65.7 Å². The lowest BCUT2D eigenvalue weighted by atomic mass is 9.86. The lowest BCUT2D eigenvalue weighted by Crippen LogP contribution is -2.19. The summed E-state index contributed by atoms with van der Waals surface area (Å²) < 4.78 is 0. The number of rotatable bonds is 2. The van der Waals surface area contributed by atoms with Crippen LogP contribution in [0.15, 0.2) is 59.7 Å². The molecule has 22 heavy (non-hydrogen) atoms. The second kappa shape index (κ2) is 5.41. The van der Waals surface area contributed by atoms with Crippen LogP contribution in [0.2, 0.25) is 0 Å².